The highest BCUT2D eigenvalue weighted by Gasteiger charge is 2.54. The van der Waals surface area contributed by atoms with Crippen molar-refractivity contribution in [2.75, 3.05) is 40.3 Å². The number of piperidine rings is 1. The molecule has 0 bridgehead atoms. The average Bonchev–Trinajstić information content (AvgIpc) is 2.82. The molecule has 2 fully saturated rings. The molecule has 2 heterocycles. The summed E-state index contributed by atoms with van der Waals surface area (Å²) < 4.78 is 0. The number of carbonyl (C=O) groups excluding carboxylic acids is 2. The van der Waals surface area contributed by atoms with E-state index in [9.17, 15) is 9.59 Å². The van der Waals surface area contributed by atoms with Gasteiger partial charge in [-0.05, 0) is 24.9 Å². The third-order valence-electron chi connectivity index (χ3n) is 5.23. The summed E-state index contributed by atoms with van der Waals surface area (Å²) in [6.07, 6.45) is 1.90. The summed E-state index contributed by atoms with van der Waals surface area (Å²) in [5, 5.41) is 3.40. The second-order valence-electron chi connectivity index (χ2n) is 6.87. The predicted molar refractivity (Wildman–Crippen MR) is 89.0 cm³/mol. The molecule has 1 aromatic carbocycles. The van der Waals surface area contributed by atoms with Crippen LogP contribution in [0.3, 0.4) is 0 Å². The third-order valence-corrected chi connectivity index (χ3v) is 5.23. The van der Waals surface area contributed by atoms with Crippen molar-refractivity contribution in [1.82, 2.24) is 15.1 Å². The van der Waals surface area contributed by atoms with Crippen LogP contribution in [0.15, 0.2) is 30.3 Å². The van der Waals surface area contributed by atoms with Gasteiger partial charge in [0, 0.05) is 33.1 Å². The van der Waals surface area contributed by atoms with Crippen molar-refractivity contribution < 1.29 is 9.59 Å². The molecule has 2 aliphatic rings. The van der Waals surface area contributed by atoms with Crippen LogP contribution in [0.5, 0.6) is 0 Å². The van der Waals surface area contributed by atoms with Gasteiger partial charge in [-0.2, -0.15) is 0 Å². The van der Waals surface area contributed by atoms with E-state index in [2.05, 4.69) is 17.4 Å². The number of carbonyl (C=O) groups is 2. The van der Waals surface area contributed by atoms with Crippen molar-refractivity contribution in [2.24, 2.45) is 5.41 Å². The Labute approximate surface area is 137 Å². The number of rotatable bonds is 3. The molecule has 124 valence electrons. The lowest BCUT2D eigenvalue weighted by Gasteiger charge is -2.36. The van der Waals surface area contributed by atoms with Crippen molar-refractivity contribution in [1.29, 1.82) is 0 Å². The van der Waals surface area contributed by atoms with E-state index in [1.807, 2.05) is 18.2 Å². The molecule has 1 N–H and O–H groups in total. The zero-order valence-electron chi connectivity index (χ0n) is 13.9. The van der Waals surface area contributed by atoms with Crippen LogP contribution in [0.1, 0.15) is 24.3 Å². The number of hydrogen-bond acceptors (Lipinski definition) is 3. The van der Waals surface area contributed by atoms with Crippen LogP contribution < -0.4 is 5.32 Å². The largest absolute Gasteiger partial charge is 0.347 e. The Morgan fingerprint density at radius 2 is 2.09 bits per heavy atom. The maximum Gasteiger partial charge on any atom is 0.241 e. The average molecular weight is 315 g/mol. The molecule has 0 saturated carbocycles. The van der Waals surface area contributed by atoms with Gasteiger partial charge in [0.2, 0.25) is 11.8 Å². The van der Waals surface area contributed by atoms with E-state index in [1.54, 1.807) is 23.9 Å². The highest BCUT2D eigenvalue weighted by atomic mass is 16.2. The van der Waals surface area contributed by atoms with Gasteiger partial charge in [0.05, 0.1) is 12.0 Å². The number of amides is 2. The first kappa shape index (κ1) is 16.0. The molecule has 2 aliphatic heterocycles. The van der Waals surface area contributed by atoms with Gasteiger partial charge < -0.3 is 15.1 Å². The summed E-state index contributed by atoms with van der Waals surface area (Å²) in [6, 6.07) is 10.3. The van der Waals surface area contributed by atoms with Crippen LogP contribution in [-0.4, -0.2) is 61.9 Å². The molecule has 1 aromatic rings. The molecule has 5 nitrogen and oxygen atoms in total. The standard InChI is InChI=1S/C18H25N3O2/c1-20(2)16(22)12-21-11-15(14-7-4-3-5-8-14)18(17(21)23)9-6-10-19-13-18/h3-5,7-8,15,19H,6,9-13H2,1-2H3/t15-,18-/m0/s1. The Hall–Kier alpha value is -1.88. The summed E-state index contributed by atoms with van der Waals surface area (Å²) in [4.78, 5) is 28.5. The van der Waals surface area contributed by atoms with E-state index < -0.39 is 5.41 Å². The number of nitrogens with zero attached hydrogens (tertiary/aromatic N) is 2. The number of likely N-dealkylation sites (N-methyl/N-ethyl adjacent to an activating group) is 1. The third kappa shape index (κ3) is 2.85. The van der Waals surface area contributed by atoms with E-state index in [-0.39, 0.29) is 24.3 Å². The van der Waals surface area contributed by atoms with E-state index in [0.29, 0.717) is 13.1 Å². The number of benzene rings is 1. The molecule has 23 heavy (non-hydrogen) atoms. The highest BCUT2D eigenvalue weighted by molar-refractivity contribution is 5.91. The first-order chi connectivity index (χ1) is 11.0. The zero-order valence-corrected chi connectivity index (χ0v) is 13.9. The minimum absolute atomic E-state index is 0.0222. The second kappa shape index (κ2) is 6.32. The van der Waals surface area contributed by atoms with Gasteiger partial charge >= 0.3 is 0 Å². The van der Waals surface area contributed by atoms with Crippen molar-refractivity contribution in [3.05, 3.63) is 35.9 Å². The molecule has 5 heteroatoms. The SMILES string of the molecule is CN(C)C(=O)CN1C[C@@H](c2ccccc2)[C@@]2(CCCNC2)C1=O. The van der Waals surface area contributed by atoms with E-state index in [4.69, 9.17) is 0 Å². The number of nitrogens with one attached hydrogen (secondary N) is 1. The minimum Gasteiger partial charge on any atom is -0.347 e. The lowest BCUT2D eigenvalue weighted by atomic mass is 9.69. The van der Waals surface area contributed by atoms with Gasteiger partial charge in [-0.1, -0.05) is 30.3 Å². The van der Waals surface area contributed by atoms with E-state index >= 15 is 0 Å². The van der Waals surface area contributed by atoms with Crippen LogP contribution in [0.2, 0.25) is 0 Å². The lowest BCUT2D eigenvalue weighted by molar-refractivity contribution is -0.142. The van der Waals surface area contributed by atoms with Crippen molar-refractivity contribution in [3.63, 3.8) is 0 Å². The first-order valence-electron chi connectivity index (χ1n) is 8.30. The minimum atomic E-state index is -0.397. The summed E-state index contributed by atoms with van der Waals surface area (Å²) in [5.41, 5.74) is 0.802. The van der Waals surface area contributed by atoms with Gasteiger partial charge in [0.15, 0.2) is 0 Å². The Balaban J connectivity index is 1.90. The Morgan fingerprint density at radius 3 is 2.70 bits per heavy atom. The summed E-state index contributed by atoms with van der Waals surface area (Å²) in [7, 11) is 3.46. The summed E-state index contributed by atoms with van der Waals surface area (Å²) in [6.45, 7) is 2.48. The molecular weight excluding hydrogens is 290 g/mol. The normalized spacial score (nSPS) is 27.5. The summed E-state index contributed by atoms with van der Waals surface area (Å²) >= 11 is 0. The van der Waals surface area contributed by atoms with E-state index in [0.717, 1.165) is 19.4 Å². The Kier molecular flexibility index (Phi) is 4.39. The molecule has 3 rings (SSSR count). The monoisotopic (exact) mass is 315 g/mol. The molecule has 0 radical (unpaired) electrons. The highest BCUT2D eigenvalue weighted by Crippen LogP contribution is 2.47. The van der Waals surface area contributed by atoms with Gasteiger partial charge in [-0.25, -0.2) is 0 Å². The molecule has 2 saturated heterocycles. The van der Waals surface area contributed by atoms with Crippen LogP contribution in [0.25, 0.3) is 0 Å². The topological polar surface area (TPSA) is 52.7 Å². The molecule has 2 amide bonds. The van der Waals surface area contributed by atoms with E-state index in [1.165, 1.54) is 5.56 Å². The quantitative estimate of drug-likeness (QED) is 0.908. The second-order valence-corrected chi connectivity index (χ2v) is 6.87. The smallest absolute Gasteiger partial charge is 0.241 e. The maximum atomic E-state index is 13.1. The fourth-order valence-corrected chi connectivity index (χ4v) is 3.90. The van der Waals surface area contributed by atoms with Crippen LogP contribution in [0, 0.1) is 5.41 Å². The Morgan fingerprint density at radius 1 is 1.35 bits per heavy atom. The van der Waals surface area contributed by atoms with Crippen LogP contribution >= 0.6 is 0 Å². The lowest BCUT2D eigenvalue weighted by Crippen LogP contribution is -2.48. The molecular formula is C18H25N3O2. The number of likely N-dealkylation sites (tertiary alicyclic amines) is 1. The van der Waals surface area contributed by atoms with Gasteiger partial charge in [-0.3, -0.25) is 9.59 Å². The molecule has 0 unspecified atom stereocenters. The van der Waals surface area contributed by atoms with Crippen LogP contribution in [0.4, 0.5) is 0 Å². The molecule has 0 aromatic heterocycles. The summed E-state index contributed by atoms with van der Waals surface area (Å²) in [5.74, 6) is 0.263. The van der Waals surface area contributed by atoms with Gasteiger partial charge in [0.25, 0.3) is 0 Å². The maximum absolute atomic E-state index is 13.1. The fourth-order valence-electron chi connectivity index (χ4n) is 3.90. The van der Waals surface area contributed by atoms with Crippen LogP contribution in [-0.2, 0) is 9.59 Å². The Bertz CT molecular complexity index is 579. The van der Waals surface area contributed by atoms with Gasteiger partial charge in [-0.15, -0.1) is 0 Å². The molecule has 1 spiro atoms. The zero-order chi connectivity index (χ0) is 16.4. The molecule has 0 aliphatic carbocycles. The number of hydrogen-bond donors (Lipinski definition) is 1. The fraction of sp³-hybridized carbons (Fsp3) is 0.556. The first-order valence-corrected chi connectivity index (χ1v) is 8.30. The van der Waals surface area contributed by atoms with Crippen molar-refractivity contribution >= 4 is 11.8 Å². The van der Waals surface area contributed by atoms with Crippen molar-refractivity contribution in [2.45, 2.75) is 18.8 Å². The van der Waals surface area contributed by atoms with Crippen molar-refractivity contribution in [3.8, 4) is 0 Å². The predicted octanol–water partition coefficient (Wildman–Crippen LogP) is 1.07. The molecule has 2 atom stereocenters. The van der Waals surface area contributed by atoms with Gasteiger partial charge in [0.1, 0.15) is 0 Å².